The highest BCUT2D eigenvalue weighted by atomic mass is 32.2. The lowest BCUT2D eigenvalue weighted by atomic mass is 10.3. The number of hydrogen-bond donors (Lipinski definition) is 3. The third-order valence-corrected chi connectivity index (χ3v) is 3.43. The number of rotatable bonds is 5. The largest absolute Gasteiger partial charge is 0.399 e. The summed E-state index contributed by atoms with van der Waals surface area (Å²) in [5.74, 6) is -4.76. The number of sulfonamides is 1. The van der Waals surface area contributed by atoms with Gasteiger partial charge in [-0.2, -0.15) is 0 Å². The Hall–Kier alpha value is -1.32. The molecular formula is C9H11F3N2O3S. The van der Waals surface area contributed by atoms with Gasteiger partial charge in [-0.15, -0.1) is 0 Å². The van der Waals surface area contributed by atoms with Crippen LogP contribution in [0, 0.1) is 5.82 Å². The summed E-state index contributed by atoms with van der Waals surface area (Å²) >= 11 is 0. The van der Waals surface area contributed by atoms with Gasteiger partial charge in [0.1, 0.15) is 17.3 Å². The molecule has 102 valence electrons. The predicted molar refractivity (Wildman–Crippen MR) is 58.0 cm³/mol. The maximum atomic E-state index is 13.3. The van der Waals surface area contributed by atoms with Crippen molar-refractivity contribution in [1.29, 1.82) is 0 Å². The fourth-order valence-corrected chi connectivity index (χ4v) is 2.19. The zero-order valence-electron chi connectivity index (χ0n) is 9.03. The quantitative estimate of drug-likeness (QED) is 0.679. The highest BCUT2D eigenvalue weighted by Gasteiger charge is 2.31. The van der Waals surface area contributed by atoms with Crippen LogP contribution in [0.15, 0.2) is 23.1 Å². The second-order valence-corrected chi connectivity index (χ2v) is 5.26. The van der Waals surface area contributed by atoms with Crippen LogP contribution in [0.25, 0.3) is 0 Å². The molecule has 1 aromatic rings. The third kappa shape index (κ3) is 3.59. The average molecular weight is 284 g/mol. The minimum absolute atomic E-state index is 0.00661. The van der Waals surface area contributed by atoms with Gasteiger partial charge in [-0.3, -0.25) is 0 Å². The fourth-order valence-electron chi connectivity index (χ4n) is 1.07. The smallest absolute Gasteiger partial charge is 0.283 e. The Morgan fingerprint density at radius 3 is 2.50 bits per heavy atom. The number of benzene rings is 1. The number of halogens is 3. The van der Waals surface area contributed by atoms with Crippen molar-refractivity contribution in [2.75, 3.05) is 18.9 Å². The Bertz CT molecular complexity index is 534. The molecule has 0 saturated carbocycles. The molecule has 9 heteroatoms. The lowest BCUT2D eigenvalue weighted by Crippen LogP contribution is -2.39. The molecule has 0 aliphatic rings. The van der Waals surface area contributed by atoms with E-state index in [1.165, 1.54) is 4.72 Å². The van der Waals surface area contributed by atoms with Crippen LogP contribution in [0.2, 0.25) is 0 Å². The Labute approximate surface area is 101 Å². The minimum atomic E-state index is -4.42. The minimum Gasteiger partial charge on any atom is -0.399 e. The molecule has 0 heterocycles. The molecule has 0 radical (unpaired) electrons. The second-order valence-electron chi connectivity index (χ2n) is 3.53. The van der Waals surface area contributed by atoms with E-state index in [1.54, 1.807) is 0 Å². The second kappa shape index (κ2) is 5.12. The summed E-state index contributed by atoms with van der Waals surface area (Å²) in [6.07, 6.45) is 0. The maximum Gasteiger partial charge on any atom is 0.283 e. The molecule has 18 heavy (non-hydrogen) atoms. The van der Waals surface area contributed by atoms with Gasteiger partial charge in [-0.1, -0.05) is 0 Å². The zero-order valence-corrected chi connectivity index (χ0v) is 9.85. The van der Waals surface area contributed by atoms with Crippen LogP contribution in [0.3, 0.4) is 0 Å². The lowest BCUT2D eigenvalue weighted by Gasteiger charge is -2.14. The van der Waals surface area contributed by atoms with E-state index in [2.05, 4.69) is 0 Å². The van der Waals surface area contributed by atoms with Crippen LogP contribution in [0.4, 0.5) is 18.9 Å². The van der Waals surface area contributed by atoms with E-state index in [0.717, 1.165) is 18.2 Å². The molecule has 0 aliphatic heterocycles. The predicted octanol–water partition coefficient (Wildman–Crippen LogP) is 0.314. The van der Waals surface area contributed by atoms with Crippen molar-refractivity contribution in [2.24, 2.45) is 0 Å². The van der Waals surface area contributed by atoms with Crippen LogP contribution >= 0.6 is 0 Å². The molecule has 0 atom stereocenters. The molecule has 0 bridgehead atoms. The zero-order chi connectivity index (χ0) is 14.0. The van der Waals surface area contributed by atoms with E-state index in [1.807, 2.05) is 0 Å². The molecule has 5 nitrogen and oxygen atoms in total. The van der Waals surface area contributed by atoms with E-state index in [9.17, 15) is 21.6 Å². The Balaban J connectivity index is 2.94. The number of alkyl halides is 2. The molecule has 1 rings (SSSR count). The molecule has 0 fully saturated rings. The summed E-state index contributed by atoms with van der Waals surface area (Å²) in [5, 5.41) is 8.28. The fraction of sp³-hybridized carbons (Fsp3) is 0.333. The first-order valence-electron chi connectivity index (χ1n) is 4.71. The van der Waals surface area contributed by atoms with E-state index in [0.29, 0.717) is 0 Å². The number of hydrogen-bond acceptors (Lipinski definition) is 4. The van der Waals surface area contributed by atoms with E-state index < -0.39 is 39.8 Å². The van der Waals surface area contributed by atoms with Crippen molar-refractivity contribution < 1.29 is 26.7 Å². The molecule has 1 aromatic carbocycles. The molecule has 0 unspecified atom stereocenters. The molecule has 0 saturated heterocycles. The highest BCUT2D eigenvalue weighted by Crippen LogP contribution is 2.18. The normalized spacial score (nSPS) is 12.7. The molecule has 0 amide bonds. The Kier molecular flexibility index (Phi) is 4.20. The van der Waals surface area contributed by atoms with Crippen LogP contribution < -0.4 is 10.5 Å². The van der Waals surface area contributed by atoms with Crippen LogP contribution in [-0.4, -0.2) is 32.6 Å². The van der Waals surface area contributed by atoms with E-state index in [-0.39, 0.29) is 5.69 Å². The average Bonchev–Trinajstić information content (AvgIpc) is 2.26. The van der Waals surface area contributed by atoms with Gasteiger partial charge >= 0.3 is 0 Å². The van der Waals surface area contributed by atoms with Gasteiger partial charge < -0.3 is 10.8 Å². The SMILES string of the molecule is Nc1ccc(S(=O)(=O)NCC(F)(F)CO)c(F)c1. The van der Waals surface area contributed by atoms with Gasteiger partial charge in [0.15, 0.2) is 0 Å². The van der Waals surface area contributed by atoms with Crippen molar-refractivity contribution in [1.82, 2.24) is 4.72 Å². The maximum absolute atomic E-state index is 13.3. The standard InChI is InChI=1S/C9H11F3N2O3S/c10-7-3-6(13)1-2-8(7)18(16,17)14-4-9(11,12)5-15/h1-3,14-15H,4-5,13H2. The van der Waals surface area contributed by atoms with Crippen molar-refractivity contribution in [3.05, 3.63) is 24.0 Å². The van der Waals surface area contributed by atoms with Crippen molar-refractivity contribution in [3.63, 3.8) is 0 Å². The summed E-state index contributed by atoms with van der Waals surface area (Å²) in [6.45, 7) is -2.84. The van der Waals surface area contributed by atoms with Crippen LogP contribution in [0.1, 0.15) is 0 Å². The first-order valence-corrected chi connectivity index (χ1v) is 6.20. The Morgan fingerprint density at radius 2 is 2.00 bits per heavy atom. The molecule has 0 spiro atoms. The highest BCUT2D eigenvalue weighted by molar-refractivity contribution is 7.89. The van der Waals surface area contributed by atoms with Gasteiger partial charge in [-0.05, 0) is 18.2 Å². The van der Waals surface area contributed by atoms with Crippen molar-refractivity contribution in [3.8, 4) is 0 Å². The number of nitrogens with two attached hydrogens (primary N) is 1. The van der Waals surface area contributed by atoms with Gasteiger partial charge in [0.05, 0.1) is 6.54 Å². The summed E-state index contributed by atoms with van der Waals surface area (Å²) in [5.41, 5.74) is 5.23. The van der Waals surface area contributed by atoms with E-state index >= 15 is 0 Å². The summed E-state index contributed by atoms with van der Waals surface area (Å²) in [4.78, 5) is -0.787. The van der Waals surface area contributed by atoms with Crippen molar-refractivity contribution >= 4 is 15.7 Å². The number of anilines is 1. The Morgan fingerprint density at radius 1 is 1.39 bits per heavy atom. The van der Waals surface area contributed by atoms with Crippen molar-refractivity contribution in [2.45, 2.75) is 10.8 Å². The van der Waals surface area contributed by atoms with Gasteiger partial charge in [0, 0.05) is 5.69 Å². The number of nitrogens with one attached hydrogen (secondary N) is 1. The number of aliphatic hydroxyl groups is 1. The monoisotopic (exact) mass is 284 g/mol. The van der Waals surface area contributed by atoms with Crippen LogP contribution in [-0.2, 0) is 10.0 Å². The van der Waals surface area contributed by atoms with Gasteiger partial charge in [-0.25, -0.2) is 26.3 Å². The molecule has 0 aromatic heterocycles. The summed E-state index contributed by atoms with van der Waals surface area (Å²) in [7, 11) is -4.42. The molecular weight excluding hydrogens is 273 g/mol. The summed E-state index contributed by atoms with van der Waals surface area (Å²) in [6, 6.07) is 2.75. The van der Waals surface area contributed by atoms with Crippen LogP contribution in [0.5, 0.6) is 0 Å². The molecule has 4 N–H and O–H groups in total. The first-order chi connectivity index (χ1) is 8.18. The molecule has 0 aliphatic carbocycles. The topological polar surface area (TPSA) is 92.4 Å². The first kappa shape index (κ1) is 14.7. The third-order valence-electron chi connectivity index (χ3n) is 2.00. The van der Waals surface area contributed by atoms with Gasteiger partial charge in [0.25, 0.3) is 5.92 Å². The number of aliphatic hydroxyl groups excluding tert-OH is 1. The van der Waals surface area contributed by atoms with E-state index in [4.69, 9.17) is 10.8 Å². The lowest BCUT2D eigenvalue weighted by molar-refractivity contribution is -0.0437. The van der Waals surface area contributed by atoms with Gasteiger partial charge in [0.2, 0.25) is 10.0 Å². The summed E-state index contributed by atoms with van der Waals surface area (Å²) < 4.78 is 63.2. The number of nitrogen functional groups attached to an aromatic ring is 1.